The Hall–Kier alpha value is -1.59. The number of ether oxygens (including phenoxy) is 1. The van der Waals surface area contributed by atoms with Gasteiger partial charge in [0.05, 0.1) is 13.2 Å². The number of rotatable bonds is 7. The van der Waals surface area contributed by atoms with Crippen LogP contribution in [-0.2, 0) is 20.7 Å². The molecule has 0 saturated carbocycles. The van der Waals surface area contributed by atoms with E-state index < -0.39 is 6.04 Å². The highest BCUT2D eigenvalue weighted by molar-refractivity contribution is 5.94. The van der Waals surface area contributed by atoms with Crippen LogP contribution in [0, 0.1) is 5.92 Å². The number of carbonyl (C=O) groups is 2. The number of nitrogens with two attached hydrogens (primary N) is 1. The summed E-state index contributed by atoms with van der Waals surface area (Å²) >= 11 is 0. The molecule has 0 aliphatic carbocycles. The molecule has 1 aromatic rings. The van der Waals surface area contributed by atoms with Gasteiger partial charge in [0.15, 0.2) is 0 Å². The number of hydrogen-bond acceptors (Lipinski definition) is 4. The van der Waals surface area contributed by atoms with Crippen LogP contribution in [0.5, 0.6) is 0 Å². The molecule has 1 rings (SSSR count). The van der Waals surface area contributed by atoms with E-state index in [0.29, 0.717) is 18.5 Å². The first-order valence-electron chi connectivity index (χ1n) is 7.20. The van der Waals surface area contributed by atoms with Gasteiger partial charge in [0.2, 0.25) is 5.91 Å². The summed E-state index contributed by atoms with van der Waals surface area (Å²) in [5.74, 6) is -0.261. The quantitative estimate of drug-likeness (QED) is 0.754. The van der Waals surface area contributed by atoms with Crippen LogP contribution in [0.3, 0.4) is 0 Å². The molecular weight excluding hydrogens is 304 g/mol. The lowest BCUT2D eigenvalue weighted by Crippen LogP contribution is -2.40. The van der Waals surface area contributed by atoms with Crippen molar-refractivity contribution in [1.82, 2.24) is 0 Å². The highest BCUT2D eigenvalue weighted by Crippen LogP contribution is 2.13. The largest absolute Gasteiger partial charge is 0.469 e. The number of esters is 1. The number of halogens is 1. The van der Waals surface area contributed by atoms with E-state index in [-0.39, 0.29) is 30.2 Å². The van der Waals surface area contributed by atoms with E-state index in [1.807, 2.05) is 38.1 Å². The number of nitrogens with one attached hydrogen (secondary N) is 1. The van der Waals surface area contributed by atoms with Gasteiger partial charge in [-0.25, -0.2) is 0 Å². The molecule has 0 saturated heterocycles. The summed E-state index contributed by atoms with van der Waals surface area (Å²) in [6.07, 6.45) is 1.83. The molecule has 2 unspecified atom stereocenters. The standard InChI is InChI=1S/C16H24N2O3.ClH/c1-4-11(2)15(17)16(20)18-13-8-5-12(6-9-13)7-10-14(19)21-3;/h5-6,8-9,11,15H,4,7,10,17H2,1-3H3,(H,18,20);1H. The van der Waals surface area contributed by atoms with Crippen molar-refractivity contribution in [2.24, 2.45) is 11.7 Å². The molecule has 3 N–H and O–H groups in total. The van der Waals surface area contributed by atoms with Crippen LogP contribution in [0.25, 0.3) is 0 Å². The summed E-state index contributed by atoms with van der Waals surface area (Å²) in [6.45, 7) is 3.97. The van der Waals surface area contributed by atoms with Gasteiger partial charge in [-0.15, -0.1) is 12.4 Å². The van der Waals surface area contributed by atoms with E-state index in [2.05, 4.69) is 10.1 Å². The summed E-state index contributed by atoms with van der Waals surface area (Å²) in [5.41, 5.74) is 7.61. The fourth-order valence-electron chi connectivity index (χ4n) is 1.84. The van der Waals surface area contributed by atoms with Crippen LogP contribution >= 0.6 is 12.4 Å². The van der Waals surface area contributed by atoms with Gasteiger partial charge in [-0.1, -0.05) is 32.4 Å². The number of aryl methyl sites for hydroxylation is 1. The second kappa shape index (κ2) is 10.2. The molecule has 124 valence electrons. The first kappa shape index (κ1) is 20.4. The van der Waals surface area contributed by atoms with Crippen LogP contribution < -0.4 is 11.1 Å². The van der Waals surface area contributed by atoms with E-state index in [0.717, 1.165) is 12.0 Å². The van der Waals surface area contributed by atoms with Crippen LogP contribution in [0.15, 0.2) is 24.3 Å². The van der Waals surface area contributed by atoms with Crippen molar-refractivity contribution < 1.29 is 14.3 Å². The first-order chi connectivity index (χ1) is 9.97. The van der Waals surface area contributed by atoms with E-state index in [1.165, 1.54) is 7.11 Å². The zero-order valence-corrected chi connectivity index (χ0v) is 14.1. The van der Waals surface area contributed by atoms with Gasteiger partial charge in [-0.05, 0) is 30.0 Å². The molecule has 0 aliphatic heterocycles. The van der Waals surface area contributed by atoms with Gasteiger partial charge in [-0.2, -0.15) is 0 Å². The molecule has 0 aliphatic rings. The molecule has 0 bridgehead atoms. The predicted octanol–water partition coefficient (Wildman–Crippen LogP) is 2.53. The highest BCUT2D eigenvalue weighted by Gasteiger charge is 2.19. The van der Waals surface area contributed by atoms with E-state index in [4.69, 9.17) is 5.73 Å². The molecule has 1 amide bonds. The molecule has 2 atom stereocenters. The molecule has 0 heterocycles. The lowest BCUT2D eigenvalue weighted by atomic mass is 9.99. The van der Waals surface area contributed by atoms with Gasteiger partial charge in [-0.3, -0.25) is 9.59 Å². The highest BCUT2D eigenvalue weighted by atomic mass is 35.5. The maximum absolute atomic E-state index is 12.0. The predicted molar refractivity (Wildman–Crippen MR) is 90.1 cm³/mol. The molecular formula is C16H25ClN2O3. The molecule has 1 aromatic carbocycles. The van der Waals surface area contributed by atoms with Gasteiger partial charge in [0.1, 0.15) is 0 Å². The van der Waals surface area contributed by atoms with Gasteiger partial charge < -0.3 is 15.8 Å². The average Bonchev–Trinajstić information content (AvgIpc) is 2.52. The van der Waals surface area contributed by atoms with Crippen LogP contribution in [0.2, 0.25) is 0 Å². The second-order valence-corrected chi connectivity index (χ2v) is 5.17. The number of methoxy groups -OCH3 is 1. The van der Waals surface area contributed by atoms with Gasteiger partial charge in [0.25, 0.3) is 0 Å². The lowest BCUT2D eigenvalue weighted by molar-refractivity contribution is -0.140. The summed E-state index contributed by atoms with van der Waals surface area (Å²) in [5, 5.41) is 2.80. The van der Waals surface area contributed by atoms with Crippen molar-refractivity contribution in [3.63, 3.8) is 0 Å². The molecule has 0 fully saturated rings. The zero-order valence-electron chi connectivity index (χ0n) is 13.3. The van der Waals surface area contributed by atoms with Crippen LogP contribution in [-0.4, -0.2) is 25.0 Å². The Kier molecular flexibility index (Phi) is 9.45. The van der Waals surface area contributed by atoms with Crippen LogP contribution in [0.4, 0.5) is 5.69 Å². The Bertz CT molecular complexity index is 477. The Morgan fingerprint density at radius 1 is 1.27 bits per heavy atom. The molecule has 5 nitrogen and oxygen atoms in total. The molecule has 0 radical (unpaired) electrons. The Morgan fingerprint density at radius 2 is 1.86 bits per heavy atom. The normalized spacial score (nSPS) is 12.7. The lowest BCUT2D eigenvalue weighted by Gasteiger charge is -2.17. The molecule has 0 spiro atoms. The summed E-state index contributed by atoms with van der Waals surface area (Å²) in [6, 6.07) is 6.89. The minimum Gasteiger partial charge on any atom is -0.469 e. The number of hydrogen-bond donors (Lipinski definition) is 2. The molecule has 22 heavy (non-hydrogen) atoms. The number of benzene rings is 1. The average molecular weight is 329 g/mol. The van der Waals surface area contributed by atoms with Gasteiger partial charge in [0, 0.05) is 12.1 Å². The summed E-state index contributed by atoms with van der Waals surface area (Å²) in [7, 11) is 1.38. The topological polar surface area (TPSA) is 81.4 Å². The van der Waals surface area contributed by atoms with Crippen LogP contribution in [0.1, 0.15) is 32.3 Å². The number of carbonyl (C=O) groups excluding carboxylic acids is 2. The molecule has 0 aromatic heterocycles. The van der Waals surface area contributed by atoms with Crippen molar-refractivity contribution >= 4 is 30.0 Å². The first-order valence-corrected chi connectivity index (χ1v) is 7.20. The fraction of sp³-hybridized carbons (Fsp3) is 0.500. The second-order valence-electron chi connectivity index (χ2n) is 5.17. The van der Waals surface area contributed by atoms with Crippen molar-refractivity contribution in [3.05, 3.63) is 29.8 Å². The fourth-order valence-corrected chi connectivity index (χ4v) is 1.84. The third-order valence-corrected chi connectivity index (χ3v) is 3.63. The third-order valence-electron chi connectivity index (χ3n) is 3.63. The van der Waals surface area contributed by atoms with Gasteiger partial charge >= 0.3 is 5.97 Å². The number of anilines is 1. The maximum atomic E-state index is 12.0. The Labute approximate surface area is 138 Å². The third kappa shape index (κ3) is 6.45. The van der Waals surface area contributed by atoms with Crippen molar-refractivity contribution in [3.8, 4) is 0 Å². The van der Waals surface area contributed by atoms with Crippen molar-refractivity contribution in [2.75, 3.05) is 12.4 Å². The van der Waals surface area contributed by atoms with E-state index >= 15 is 0 Å². The Balaban J connectivity index is 0.00000441. The van der Waals surface area contributed by atoms with Crippen molar-refractivity contribution in [2.45, 2.75) is 39.2 Å². The van der Waals surface area contributed by atoms with Crippen molar-refractivity contribution in [1.29, 1.82) is 0 Å². The monoisotopic (exact) mass is 328 g/mol. The maximum Gasteiger partial charge on any atom is 0.305 e. The summed E-state index contributed by atoms with van der Waals surface area (Å²) < 4.78 is 4.60. The number of amides is 1. The molecule has 6 heteroatoms. The Morgan fingerprint density at radius 3 is 2.36 bits per heavy atom. The zero-order chi connectivity index (χ0) is 15.8. The van der Waals surface area contributed by atoms with E-state index in [9.17, 15) is 9.59 Å². The minimum absolute atomic E-state index is 0. The van der Waals surface area contributed by atoms with E-state index in [1.54, 1.807) is 0 Å². The summed E-state index contributed by atoms with van der Waals surface area (Å²) in [4.78, 5) is 23.0. The smallest absolute Gasteiger partial charge is 0.305 e. The minimum atomic E-state index is -0.506. The SMILES string of the molecule is CCC(C)C(N)C(=O)Nc1ccc(CCC(=O)OC)cc1.Cl.